The van der Waals surface area contributed by atoms with Crippen molar-refractivity contribution in [1.82, 2.24) is 0 Å². The predicted octanol–water partition coefficient (Wildman–Crippen LogP) is 11.2. The fourth-order valence-electron chi connectivity index (χ4n) is 4.96. The summed E-state index contributed by atoms with van der Waals surface area (Å²) in [6.45, 7) is 4.85. The summed E-state index contributed by atoms with van der Waals surface area (Å²) in [4.78, 5) is 34.0. The first-order chi connectivity index (χ1) is 20.1. The maximum absolute atomic E-state index is 10.4. The van der Waals surface area contributed by atoms with E-state index in [1.807, 2.05) is 0 Å². The Labute approximate surface area is 260 Å². The van der Waals surface area contributed by atoms with Gasteiger partial charge in [0.1, 0.15) is 0 Å². The largest absolute Gasteiger partial charge is 0.469 e. The van der Waals surface area contributed by atoms with Crippen molar-refractivity contribution in [2.45, 2.75) is 194 Å². The molecule has 8 nitrogen and oxygen atoms in total. The molecule has 10 heteroatoms. The van der Waals surface area contributed by atoms with Gasteiger partial charge in [-0.05, 0) is 12.8 Å². The highest BCUT2D eigenvalue weighted by Crippen LogP contribution is 2.36. The van der Waals surface area contributed by atoms with Crippen molar-refractivity contribution in [1.29, 1.82) is 0 Å². The number of phosphoric ester groups is 2. The highest BCUT2D eigenvalue weighted by atomic mass is 31.2. The maximum atomic E-state index is 10.4. The third-order valence-electron chi connectivity index (χ3n) is 7.51. The van der Waals surface area contributed by atoms with Crippen LogP contribution >= 0.6 is 15.6 Å². The number of hydrogen-bond acceptors (Lipinski definition) is 4. The lowest BCUT2D eigenvalue weighted by Gasteiger charge is -2.05. The minimum atomic E-state index is -4.25. The van der Waals surface area contributed by atoms with Gasteiger partial charge in [0, 0.05) is 0 Å². The molecule has 0 aliphatic heterocycles. The van der Waals surface area contributed by atoms with Crippen molar-refractivity contribution >= 4 is 15.6 Å². The second kappa shape index (κ2) is 34.1. The van der Waals surface area contributed by atoms with E-state index < -0.39 is 15.6 Å². The Kier molecular flexibility index (Phi) is 36.0. The topological polar surface area (TPSA) is 134 Å². The second-order valence-corrected chi connectivity index (χ2v) is 14.3. The lowest BCUT2D eigenvalue weighted by Crippen LogP contribution is -1.92. The van der Waals surface area contributed by atoms with Crippen molar-refractivity contribution in [3.8, 4) is 0 Å². The molecule has 4 N–H and O–H groups in total. The van der Waals surface area contributed by atoms with Crippen LogP contribution in [0.3, 0.4) is 0 Å². The smallest absolute Gasteiger partial charge is 0.303 e. The Morgan fingerprint density at radius 3 is 0.667 bits per heavy atom. The molecule has 256 valence electrons. The molecule has 0 fully saturated rings. The van der Waals surface area contributed by atoms with Crippen LogP contribution in [0.4, 0.5) is 0 Å². The van der Waals surface area contributed by atoms with Crippen LogP contribution in [0.2, 0.25) is 0 Å². The van der Waals surface area contributed by atoms with Gasteiger partial charge in [0.25, 0.3) is 0 Å². The molecule has 0 aromatic heterocycles. The predicted molar refractivity (Wildman–Crippen MR) is 177 cm³/mol. The van der Waals surface area contributed by atoms with E-state index in [2.05, 4.69) is 22.9 Å². The normalized spacial score (nSPS) is 12.0. The van der Waals surface area contributed by atoms with E-state index in [9.17, 15) is 9.13 Å². The molecule has 0 aromatic rings. The van der Waals surface area contributed by atoms with Crippen LogP contribution in [-0.2, 0) is 18.2 Å². The summed E-state index contributed by atoms with van der Waals surface area (Å²) in [5.41, 5.74) is 0. The second-order valence-electron chi connectivity index (χ2n) is 11.8. The fraction of sp³-hybridized carbons (Fsp3) is 1.00. The molecule has 0 bridgehead atoms. The van der Waals surface area contributed by atoms with Crippen molar-refractivity contribution in [2.75, 3.05) is 13.2 Å². The first-order valence-corrected chi connectivity index (χ1v) is 20.6. The van der Waals surface area contributed by atoms with Crippen LogP contribution in [-0.4, -0.2) is 32.8 Å². The molecule has 0 atom stereocenters. The highest BCUT2D eigenvalue weighted by molar-refractivity contribution is 7.46. The van der Waals surface area contributed by atoms with E-state index in [1.54, 1.807) is 0 Å². The maximum Gasteiger partial charge on any atom is 0.469 e. The standard InChI is InChI=1S/2C16H35O4P/c2*1-2-3-4-5-6-7-8-9-10-11-12-13-14-15-16-20-21(17,18)19/h2*2-16H2,1H3,(H2,17,18,19). The SMILES string of the molecule is CCCCCCCCCCCCCCCCOP(=O)(O)O.CCCCCCCCCCCCCCCCOP(=O)(O)O. The van der Waals surface area contributed by atoms with Crippen LogP contribution in [0.25, 0.3) is 0 Å². The van der Waals surface area contributed by atoms with E-state index in [1.165, 1.54) is 141 Å². The molecular formula is C32H70O8P2. The third-order valence-corrected chi connectivity index (χ3v) is 8.55. The number of rotatable bonds is 32. The zero-order valence-electron chi connectivity index (χ0n) is 27.5. The molecule has 0 unspecified atom stereocenters. The Morgan fingerprint density at radius 2 is 0.500 bits per heavy atom. The zero-order chi connectivity index (χ0) is 31.6. The number of unbranched alkanes of at least 4 members (excludes halogenated alkanes) is 26. The van der Waals surface area contributed by atoms with Crippen LogP contribution in [0.5, 0.6) is 0 Å². The van der Waals surface area contributed by atoms with E-state index in [0.29, 0.717) is 0 Å². The van der Waals surface area contributed by atoms with Gasteiger partial charge < -0.3 is 19.6 Å². The Morgan fingerprint density at radius 1 is 0.333 bits per heavy atom. The van der Waals surface area contributed by atoms with Crippen LogP contribution in [0.1, 0.15) is 194 Å². The first-order valence-electron chi connectivity index (χ1n) is 17.5. The molecular weight excluding hydrogens is 574 g/mol. The first kappa shape index (κ1) is 44.3. The van der Waals surface area contributed by atoms with Crippen molar-refractivity contribution in [2.24, 2.45) is 0 Å². The average molecular weight is 645 g/mol. The van der Waals surface area contributed by atoms with Gasteiger partial charge in [0.2, 0.25) is 0 Å². The Hall–Kier alpha value is 0.220. The lowest BCUT2D eigenvalue weighted by molar-refractivity contribution is 0.191. The van der Waals surface area contributed by atoms with Gasteiger partial charge >= 0.3 is 15.6 Å². The van der Waals surface area contributed by atoms with Gasteiger partial charge in [-0.1, -0.05) is 181 Å². The van der Waals surface area contributed by atoms with Gasteiger partial charge in [-0.2, -0.15) is 0 Å². The lowest BCUT2D eigenvalue weighted by atomic mass is 10.0. The Bertz CT molecular complexity index is 557. The Balaban J connectivity index is 0. The molecule has 0 spiro atoms. The summed E-state index contributed by atoms with van der Waals surface area (Å²) in [5, 5.41) is 0. The van der Waals surface area contributed by atoms with Gasteiger partial charge in [-0.3, -0.25) is 9.05 Å². The molecule has 0 aliphatic rings. The molecule has 0 saturated heterocycles. The van der Waals surface area contributed by atoms with Crippen LogP contribution < -0.4 is 0 Å². The quantitative estimate of drug-likeness (QED) is 0.0420. The van der Waals surface area contributed by atoms with Gasteiger partial charge in [0.15, 0.2) is 0 Å². The van der Waals surface area contributed by atoms with E-state index >= 15 is 0 Å². The summed E-state index contributed by atoms with van der Waals surface area (Å²) in [5.74, 6) is 0. The van der Waals surface area contributed by atoms with Gasteiger partial charge in [0.05, 0.1) is 13.2 Å². The number of phosphoric acid groups is 2. The summed E-state index contributed by atoms with van der Waals surface area (Å²) in [6, 6.07) is 0. The molecule has 0 rings (SSSR count). The molecule has 42 heavy (non-hydrogen) atoms. The molecule has 0 radical (unpaired) electrons. The monoisotopic (exact) mass is 644 g/mol. The average Bonchev–Trinajstić information content (AvgIpc) is 2.92. The van der Waals surface area contributed by atoms with Gasteiger partial charge in [-0.25, -0.2) is 9.13 Å². The molecule has 0 saturated carbocycles. The van der Waals surface area contributed by atoms with Crippen LogP contribution in [0, 0.1) is 0 Å². The number of hydrogen-bond donors (Lipinski definition) is 4. The van der Waals surface area contributed by atoms with E-state index in [0.717, 1.165) is 38.5 Å². The van der Waals surface area contributed by atoms with Crippen molar-refractivity contribution in [3.05, 3.63) is 0 Å². The van der Waals surface area contributed by atoms with E-state index in [4.69, 9.17) is 19.6 Å². The fourth-order valence-corrected chi connectivity index (χ4v) is 5.69. The molecule has 0 amide bonds. The van der Waals surface area contributed by atoms with Crippen molar-refractivity contribution < 1.29 is 37.8 Å². The molecule has 0 heterocycles. The van der Waals surface area contributed by atoms with E-state index in [-0.39, 0.29) is 13.2 Å². The summed E-state index contributed by atoms with van der Waals surface area (Å²) < 4.78 is 29.7. The molecule has 0 aliphatic carbocycles. The minimum Gasteiger partial charge on any atom is -0.303 e. The highest BCUT2D eigenvalue weighted by Gasteiger charge is 2.12. The summed E-state index contributed by atoms with van der Waals surface area (Å²) in [6.07, 6.45) is 35.5. The molecule has 0 aromatic carbocycles. The third kappa shape index (κ3) is 47.2. The van der Waals surface area contributed by atoms with Crippen LogP contribution in [0.15, 0.2) is 0 Å². The minimum absolute atomic E-state index is 0.169. The summed E-state index contributed by atoms with van der Waals surface area (Å²) >= 11 is 0. The summed E-state index contributed by atoms with van der Waals surface area (Å²) in [7, 11) is -8.50. The zero-order valence-corrected chi connectivity index (χ0v) is 29.3. The van der Waals surface area contributed by atoms with Crippen molar-refractivity contribution in [3.63, 3.8) is 0 Å². The van der Waals surface area contributed by atoms with Gasteiger partial charge in [-0.15, -0.1) is 0 Å².